The van der Waals surface area contributed by atoms with Crippen LogP contribution >= 0.6 is 0 Å². The van der Waals surface area contributed by atoms with Gasteiger partial charge in [0.2, 0.25) is 5.91 Å². The normalized spacial score (nSPS) is 12.8. The molecule has 1 amide bonds. The summed E-state index contributed by atoms with van der Waals surface area (Å²) in [4.78, 5) is 24.5. The van der Waals surface area contributed by atoms with Crippen molar-refractivity contribution in [3.63, 3.8) is 0 Å². The number of esters is 1. The Labute approximate surface area is 443 Å². The summed E-state index contributed by atoms with van der Waals surface area (Å²) in [7, 11) is 0. The summed E-state index contributed by atoms with van der Waals surface area (Å²) in [6.45, 7) is 4.88. The van der Waals surface area contributed by atoms with Crippen molar-refractivity contribution in [2.75, 3.05) is 13.2 Å². The molecule has 0 spiro atoms. The third-order valence-corrected chi connectivity index (χ3v) is 14.7. The third kappa shape index (κ3) is 57.2. The van der Waals surface area contributed by atoms with Gasteiger partial charge in [-0.2, -0.15) is 0 Å². The lowest BCUT2D eigenvalue weighted by Crippen LogP contribution is -2.45. The molecule has 0 saturated heterocycles. The molecule has 0 bridgehead atoms. The fraction of sp³-hybridized carbons (Fsp3) is 0.877. The van der Waals surface area contributed by atoms with Gasteiger partial charge in [-0.1, -0.05) is 301 Å². The van der Waals surface area contributed by atoms with Crippen molar-refractivity contribution in [2.24, 2.45) is 0 Å². The topological polar surface area (TPSA) is 95.9 Å². The predicted octanol–water partition coefficient (Wildman–Crippen LogP) is 20.0. The predicted molar refractivity (Wildman–Crippen MR) is 310 cm³/mol. The van der Waals surface area contributed by atoms with E-state index < -0.39 is 12.1 Å². The Bertz CT molecular complexity index is 1150. The summed E-state index contributed by atoms with van der Waals surface area (Å²) in [5, 5.41) is 23.1. The van der Waals surface area contributed by atoms with E-state index in [0.29, 0.717) is 19.4 Å². The van der Waals surface area contributed by atoms with Gasteiger partial charge < -0.3 is 20.3 Å². The van der Waals surface area contributed by atoms with Crippen molar-refractivity contribution in [3.8, 4) is 0 Å². The molecule has 0 aromatic carbocycles. The molecule has 0 radical (unpaired) electrons. The monoisotopic (exact) mass is 998 g/mol. The lowest BCUT2D eigenvalue weighted by atomic mass is 10.0. The molecule has 6 nitrogen and oxygen atoms in total. The second-order valence-corrected chi connectivity index (χ2v) is 21.7. The molecule has 418 valence electrons. The van der Waals surface area contributed by atoms with Gasteiger partial charge in [-0.05, 0) is 64.2 Å². The van der Waals surface area contributed by atoms with Gasteiger partial charge in [0.1, 0.15) is 0 Å². The SMILES string of the molecule is CCCCC/C=C\C/C=C\CCCCCCCC(=O)OCCCCCCCCCCCCCCCCCCCCCCCCCCCC(=O)N[C@@H](CO)[C@H](O)/C=C/CCCCCCCCCCCCCC. The van der Waals surface area contributed by atoms with E-state index in [1.165, 1.54) is 263 Å². The van der Waals surface area contributed by atoms with Crippen LogP contribution in [0.15, 0.2) is 36.5 Å². The Hall–Kier alpha value is -1.92. The first-order valence-corrected chi connectivity index (χ1v) is 31.8. The van der Waals surface area contributed by atoms with E-state index in [1.54, 1.807) is 6.08 Å². The molecule has 0 aromatic rings. The largest absolute Gasteiger partial charge is 0.466 e. The van der Waals surface area contributed by atoms with Gasteiger partial charge in [0.15, 0.2) is 0 Å². The maximum absolute atomic E-state index is 12.5. The molecule has 0 saturated carbocycles. The first-order chi connectivity index (χ1) is 35.0. The molecule has 0 aromatic heterocycles. The van der Waals surface area contributed by atoms with Crippen LogP contribution in [-0.4, -0.2) is 47.4 Å². The van der Waals surface area contributed by atoms with Crippen LogP contribution in [0.4, 0.5) is 0 Å². The molecule has 6 heteroatoms. The van der Waals surface area contributed by atoms with Crippen molar-refractivity contribution in [3.05, 3.63) is 36.5 Å². The average molecular weight is 999 g/mol. The minimum Gasteiger partial charge on any atom is -0.466 e. The Morgan fingerprint density at radius 3 is 1.10 bits per heavy atom. The van der Waals surface area contributed by atoms with Gasteiger partial charge in [0.25, 0.3) is 0 Å². The third-order valence-electron chi connectivity index (χ3n) is 14.7. The number of unbranched alkanes of at least 4 members (excludes halogenated alkanes) is 44. The lowest BCUT2D eigenvalue weighted by Gasteiger charge is -2.20. The molecule has 0 rings (SSSR count). The van der Waals surface area contributed by atoms with Crippen LogP contribution < -0.4 is 5.32 Å². The first kappa shape index (κ1) is 69.1. The fourth-order valence-electron chi connectivity index (χ4n) is 9.78. The van der Waals surface area contributed by atoms with Crippen molar-refractivity contribution in [1.82, 2.24) is 5.32 Å². The number of hydrogen-bond donors (Lipinski definition) is 3. The van der Waals surface area contributed by atoms with Gasteiger partial charge in [0.05, 0.1) is 25.4 Å². The molecular weight excluding hydrogens is 875 g/mol. The Kier molecular flexibility index (Phi) is 59.0. The van der Waals surface area contributed by atoms with Gasteiger partial charge >= 0.3 is 5.97 Å². The Balaban J connectivity index is 3.38. The van der Waals surface area contributed by atoms with Gasteiger partial charge in [-0.3, -0.25) is 9.59 Å². The highest BCUT2D eigenvalue weighted by Gasteiger charge is 2.18. The molecule has 0 unspecified atom stereocenters. The molecule has 3 N–H and O–H groups in total. The summed E-state index contributed by atoms with van der Waals surface area (Å²) in [6.07, 6.45) is 76.2. The number of carbonyl (C=O) groups is 2. The first-order valence-electron chi connectivity index (χ1n) is 31.8. The van der Waals surface area contributed by atoms with Crippen molar-refractivity contribution in [1.29, 1.82) is 0 Å². The van der Waals surface area contributed by atoms with Gasteiger partial charge in [-0.15, -0.1) is 0 Å². The number of aliphatic hydroxyl groups excluding tert-OH is 2. The maximum Gasteiger partial charge on any atom is 0.305 e. The molecule has 0 aliphatic rings. The number of rotatable bonds is 59. The Morgan fingerprint density at radius 2 is 0.704 bits per heavy atom. The summed E-state index contributed by atoms with van der Waals surface area (Å²) in [6, 6.07) is -0.626. The van der Waals surface area contributed by atoms with Gasteiger partial charge in [0, 0.05) is 12.8 Å². The van der Waals surface area contributed by atoms with Crippen LogP contribution in [0, 0.1) is 0 Å². The molecule has 0 fully saturated rings. The van der Waals surface area contributed by atoms with Crippen LogP contribution in [0.3, 0.4) is 0 Å². The summed E-state index contributed by atoms with van der Waals surface area (Å²) < 4.78 is 5.48. The standard InChI is InChI=1S/C65H123NO5/c1-3-5-7-9-11-13-15-17-30-35-39-43-47-51-55-59-65(70)71-60-56-52-48-44-40-36-32-29-27-25-23-21-19-20-22-24-26-28-31-34-38-42-46-50-54-58-64(69)66-62(61-67)63(68)57-53-49-45-41-37-33-18-16-14-12-10-8-6-4-2/h11,13,17,30,53,57,62-63,67-68H,3-10,12,14-16,18-29,31-52,54-56,58-61H2,1-2H3,(H,66,69)/b13-11-,30-17-,57-53+/t62-,63+/m0/s1. The van der Waals surface area contributed by atoms with Crippen molar-refractivity contribution in [2.45, 2.75) is 353 Å². The molecule has 0 aliphatic carbocycles. The zero-order chi connectivity index (χ0) is 51.4. The van der Waals surface area contributed by atoms with Crippen LogP contribution in [0.5, 0.6) is 0 Å². The summed E-state index contributed by atoms with van der Waals surface area (Å²) in [5.74, 6) is -0.0634. The molecular formula is C65H123NO5. The van der Waals surface area contributed by atoms with Crippen molar-refractivity contribution >= 4 is 11.9 Å². The van der Waals surface area contributed by atoms with E-state index in [0.717, 1.165) is 51.4 Å². The van der Waals surface area contributed by atoms with E-state index in [-0.39, 0.29) is 18.5 Å². The smallest absolute Gasteiger partial charge is 0.305 e. The quantitative estimate of drug-likeness (QED) is 0.0321. The number of aliphatic hydroxyl groups is 2. The molecule has 71 heavy (non-hydrogen) atoms. The zero-order valence-corrected chi connectivity index (χ0v) is 47.7. The van der Waals surface area contributed by atoms with Crippen LogP contribution in [0.2, 0.25) is 0 Å². The van der Waals surface area contributed by atoms with E-state index in [1.807, 2.05) is 6.08 Å². The minimum atomic E-state index is -0.843. The second kappa shape index (κ2) is 60.6. The van der Waals surface area contributed by atoms with Crippen LogP contribution in [-0.2, 0) is 14.3 Å². The van der Waals surface area contributed by atoms with Crippen LogP contribution in [0.1, 0.15) is 341 Å². The summed E-state index contributed by atoms with van der Waals surface area (Å²) in [5.41, 5.74) is 0. The van der Waals surface area contributed by atoms with E-state index >= 15 is 0 Å². The van der Waals surface area contributed by atoms with Crippen LogP contribution in [0.25, 0.3) is 0 Å². The zero-order valence-electron chi connectivity index (χ0n) is 47.7. The highest BCUT2D eigenvalue weighted by Crippen LogP contribution is 2.18. The maximum atomic E-state index is 12.5. The van der Waals surface area contributed by atoms with E-state index in [9.17, 15) is 19.8 Å². The number of hydrogen-bond acceptors (Lipinski definition) is 5. The average Bonchev–Trinajstić information content (AvgIpc) is 3.37. The van der Waals surface area contributed by atoms with E-state index in [4.69, 9.17) is 4.74 Å². The number of carbonyl (C=O) groups excluding carboxylic acids is 2. The highest BCUT2D eigenvalue weighted by molar-refractivity contribution is 5.76. The van der Waals surface area contributed by atoms with Gasteiger partial charge in [-0.25, -0.2) is 0 Å². The fourth-order valence-corrected chi connectivity index (χ4v) is 9.78. The van der Waals surface area contributed by atoms with Crippen molar-refractivity contribution < 1.29 is 24.5 Å². The molecule has 2 atom stereocenters. The van der Waals surface area contributed by atoms with E-state index in [2.05, 4.69) is 43.5 Å². The Morgan fingerprint density at radius 1 is 0.394 bits per heavy atom. The number of amides is 1. The minimum absolute atomic E-state index is 0.00194. The number of allylic oxidation sites excluding steroid dienone is 5. The molecule has 0 aliphatic heterocycles. The molecule has 0 heterocycles. The lowest BCUT2D eigenvalue weighted by molar-refractivity contribution is -0.143. The highest BCUT2D eigenvalue weighted by atomic mass is 16.5. The summed E-state index contributed by atoms with van der Waals surface area (Å²) >= 11 is 0. The second-order valence-electron chi connectivity index (χ2n) is 21.7. The number of nitrogens with one attached hydrogen (secondary N) is 1. The number of ether oxygens (including phenoxy) is 1.